The fraction of sp³-hybridized carbons (Fsp3) is 0.0714. The average Bonchev–Trinajstić information content (AvgIpc) is 2.44. The second kappa shape index (κ2) is 8.33. The van der Waals surface area contributed by atoms with E-state index in [9.17, 15) is 0 Å². The quantitative estimate of drug-likeness (QED) is 0.213. The molecule has 21 heavy (non-hydrogen) atoms. The van der Waals surface area contributed by atoms with Crippen LogP contribution in [0, 0.1) is 29.4 Å². The molecule has 2 N–H and O–H groups in total. The van der Waals surface area contributed by atoms with E-state index in [2.05, 4.69) is 35.0 Å². The maximum atomic E-state index is 9.08. The van der Waals surface area contributed by atoms with E-state index in [0.29, 0.717) is 27.7 Å². The van der Waals surface area contributed by atoms with Crippen LogP contribution in [-0.2, 0) is 10.7 Å². The molecule has 1 aromatic carbocycles. The largest absolute Gasteiger partial charge is 0 e. The predicted octanol–water partition coefficient (Wildman–Crippen LogP) is 1.97. The molecule has 7 heteroatoms. The Balaban J connectivity index is 0.00000220. The Labute approximate surface area is 148 Å². The number of thiol groups is 1. The van der Waals surface area contributed by atoms with Crippen LogP contribution in [-0.4, -0.2) is 37.3 Å². The minimum atomic E-state index is 0. The van der Waals surface area contributed by atoms with Gasteiger partial charge in [-0.25, -0.2) is 0 Å². The van der Waals surface area contributed by atoms with Crippen molar-refractivity contribution in [1.29, 1.82) is 5.26 Å². The Hall–Kier alpha value is -1.15. The standard InChI is InChI=1S/C14H10N4PS.Tl/c1-9-10(8-15)3-2-4-12(9)13-7-11(5-6-20-19)17-14(16)18-13;/h2-4,7,20H,1H3,(H2,16,17,18);/q-1;. The maximum absolute atomic E-state index is 9.08. The summed E-state index contributed by atoms with van der Waals surface area (Å²) < 4.78 is 0. The number of nitrogen functional groups attached to an aromatic ring is 1. The Morgan fingerprint density at radius 1 is 1.33 bits per heavy atom. The molecule has 0 amide bonds. The fourth-order valence-corrected chi connectivity index (χ4v) is 2.10. The molecule has 4 nitrogen and oxygen atoms in total. The first-order valence-corrected chi connectivity index (χ1v) is 7.70. The van der Waals surface area contributed by atoms with Crippen molar-refractivity contribution in [1.82, 2.24) is 9.97 Å². The second-order valence-corrected chi connectivity index (χ2v) is 4.95. The van der Waals surface area contributed by atoms with E-state index in [0.717, 1.165) is 11.1 Å². The Kier molecular flexibility index (Phi) is 7.10. The van der Waals surface area contributed by atoms with E-state index in [1.54, 1.807) is 12.1 Å². The average molecular weight is 502 g/mol. The van der Waals surface area contributed by atoms with Crippen molar-refractivity contribution in [2.45, 2.75) is 6.92 Å². The van der Waals surface area contributed by atoms with E-state index in [1.807, 2.05) is 19.1 Å². The van der Waals surface area contributed by atoms with Crippen LogP contribution in [0.25, 0.3) is 11.3 Å². The number of nitrogens with two attached hydrogens (primary N) is 1. The van der Waals surface area contributed by atoms with Crippen molar-refractivity contribution in [3.8, 4) is 28.5 Å². The van der Waals surface area contributed by atoms with Gasteiger partial charge in [0.25, 0.3) is 0 Å². The van der Waals surface area contributed by atoms with Gasteiger partial charge in [-0.3, -0.25) is 0 Å². The minimum absolute atomic E-state index is 0. The molecule has 1 heterocycles. The molecule has 1 radical (unpaired) electrons. The zero-order chi connectivity index (χ0) is 14.5. The number of nitriles is 1. The summed E-state index contributed by atoms with van der Waals surface area (Å²) in [6, 6.07) is 9.39. The SMILES string of the molecule is Cc1c(C#N)cccc1-c1cc(C#C[SH-]#P)nc(N)n1.[Tl]. The van der Waals surface area contributed by atoms with Crippen molar-refractivity contribution >= 4 is 51.8 Å². The van der Waals surface area contributed by atoms with E-state index < -0.39 is 0 Å². The molecule has 0 aliphatic rings. The fourth-order valence-electron chi connectivity index (χ4n) is 1.78. The summed E-state index contributed by atoms with van der Waals surface area (Å²) in [5.74, 6) is 3.02. The molecule has 0 saturated heterocycles. The molecule has 0 aliphatic carbocycles. The van der Waals surface area contributed by atoms with Gasteiger partial charge in [-0.1, -0.05) is 0 Å². The van der Waals surface area contributed by atoms with Crippen LogP contribution < -0.4 is 5.73 Å². The van der Waals surface area contributed by atoms with Crippen molar-refractivity contribution in [3.05, 3.63) is 41.1 Å². The maximum Gasteiger partial charge on any atom is 0 e. The summed E-state index contributed by atoms with van der Waals surface area (Å²) in [4.78, 5) is 8.28. The van der Waals surface area contributed by atoms with Gasteiger partial charge >= 0.3 is 122 Å². The molecule has 101 valence electrons. The number of rotatable bonds is 1. The van der Waals surface area contributed by atoms with Crippen molar-refractivity contribution in [3.63, 3.8) is 0 Å². The molecule has 0 spiro atoms. The number of aromatic nitrogens is 2. The zero-order valence-corrected chi connectivity index (χ0v) is 17.5. The van der Waals surface area contributed by atoms with Gasteiger partial charge in [-0.05, 0) is 0 Å². The Morgan fingerprint density at radius 2 is 2.10 bits per heavy atom. The van der Waals surface area contributed by atoms with Crippen LogP contribution in [0.15, 0.2) is 24.3 Å². The third-order valence-electron chi connectivity index (χ3n) is 2.71. The summed E-state index contributed by atoms with van der Waals surface area (Å²) in [6.07, 6.45) is 0. The van der Waals surface area contributed by atoms with Gasteiger partial charge < -0.3 is 0 Å². The molecule has 0 atom stereocenters. The number of benzene rings is 1. The third kappa shape index (κ3) is 4.41. The summed E-state index contributed by atoms with van der Waals surface area (Å²) >= 11 is 0. The molecule has 0 fully saturated rings. The molecular weight excluding hydrogens is 492 g/mol. The number of nitrogens with zero attached hydrogens (tertiary/aromatic N) is 3. The normalized spacial score (nSPS) is 8.90. The molecular formula is C14H10N4PSTl-. The number of hydrogen-bond acceptors (Lipinski definition) is 5. The van der Waals surface area contributed by atoms with Gasteiger partial charge in [0, 0.05) is 27.3 Å². The summed E-state index contributed by atoms with van der Waals surface area (Å²) in [6.45, 7) is 1.88. The van der Waals surface area contributed by atoms with E-state index in [1.165, 1.54) is 0 Å². The van der Waals surface area contributed by atoms with Crippen LogP contribution in [0.4, 0.5) is 5.95 Å². The summed E-state index contributed by atoms with van der Waals surface area (Å²) in [7, 11) is 4.67. The van der Waals surface area contributed by atoms with Gasteiger partial charge in [0.2, 0.25) is 0 Å². The van der Waals surface area contributed by atoms with E-state index in [4.69, 9.17) is 11.0 Å². The van der Waals surface area contributed by atoms with Crippen LogP contribution in [0.1, 0.15) is 16.8 Å². The van der Waals surface area contributed by atoms with Crippen molar-refractivity contribution in [2.75, 3.05) is 5.73 Å². The van der Waals surface area contributed by atoms with Crippen LogP contribution >= 0.6 is 7.81 Å². The van der Waals surface area contributed by atoms with E-state index in [-0.39, 0.29) is 33.2 Å². The molecule has 2 rings (SSSR count). The third-order valence-corrected chi connectivity index (χ3v) is 3.22. The van der Waals surface area contributed by atoms with Crippen LogP contribution in [0.2, 0.25) is 0 Å². The first-order chi connectivity index (χ1) is 9.65. The Bertz CT molecular complexity index is 828. The van der Waals surface area contributed by atoms with Crippen LogP contribution in [0.5, 0.6) is 0 Å². The van der Waals surface area contributed by atoms with Gasteiger partial charge in [0.05, 0.1) is 0 Å². The number of anilines is 1. The van der Waals surface area contributed by atoms with Gasteiger partial charge in [-0.15, -0.1) is 0 Å². The minimum Gasteiger partial charge on any atom is 0 e. The van der Waals surface area contributed by atoms with Crippen molar-refractivity contribution in [2.24, 2.45) is 0 Å². The molecule has 2 aromatic rings. The van der Waals surface area contributed by atoms with Gasteiger partial charge in [0.1, 0.15) is 0 Å². The molecule has 0 aliphatic heterocycles. The predicted molar refractivity (Wildman–Crippen MR) is 89.6 cm³/mol. The molecule has 0 unspecified atom stereocenters. The monoisotopic (exact) mass is 502 g/mol. The van der Waals surface area contributed by atoms with Gasteiger partial charge in [-0.2, -0.15) is 0 Å². The first-order valence-electron chi connectivity index (χ1n) is 5.65. The topological polar surface area (TPSA) is 75.6 Å². The van der Waals surface area contributed by atoms with Crippen molar-refractivity contribution < 1.29 is 0 Å². The molecule has 0 saturated carbocycles. The molecule has 0 bridgehead atoms. The van der Waals surface area contributed by atoms with Crippen LogP contribution in [0.3, 0.4) is 0 Å². The van der Waals surface area contributed by atoms with E-state index >= 15 is 0 Å². The van der Waals surface area contributed by atoms with Gasteiger partial charge in [0.15, 0.2) is 0 Å². The molecule has 1 aromatic heterocycles. The zero-order valence-electron chi connectivity index (χ0n) is 11.2. The number of hydrogen-bond donors (Lipinski definition) is 1. The summed E-state index contributed by atoms with van der Waals surface area (Å²) in [5.41, 5.74) is 9.23. The smallest absolute Gasteiger partial charge is 0 e. The summed E-state index contributed by atoms with van der Waals surface area (Å²) in [5, 5.41) is 11.9. The first kappa shape index (κ1) is 17.9. The second-order valence-electron chi connectivity index (χ2n) is 3.92. The Morgan fingerprint density at radius 3 is 2.76 bits per heavy atom.